The molecule has 0 spiro atoms. The first kappa shape index (κ1) is 17.2. The monoisotopic (exact) mass is 381 g/mol. The molecule has 0 saturated heterocycles. The van der Waals surface area contributed by atoms with Gasteiger partial charge in [-0.2, -0.15) is 0 Å². The summed E-state index contributed by atoms with van der Waals surface area (Å²) >= 11 is 12.3. The molecular weight excluding hydrogens is 373 g/mol. The highest BCUT2D eigenvalue weighted by atomic mass is 35.5. The standard InChI is InChI=1S/C16H9Cl2NO6/c17-12-10(14(20)7-1-3-9(4-2-7)19(23)24)5-8-6-11(16(21)22)25-15(8)13(12)18/h1-5,11H,6H2,(H,21,22). The minimum Gasteiger partial charge on any atom is -0.478 e. The quantitative estimate of drug-likeness (QED) is 0.493. The Balaban J connectivity index is 2.00. The van der Waals surface area contributed by atoms with Crippen LogP contribution in [-0.4, -0.2) is 27.9 Å². The highest BCUT2D eigenvalue weighted by Gasteiger charge is 2.33. The molecule has 2 aromatic rings. The second-order valence-electron chi connectivity index (χ2n) is 5.32. The molecule has 0 aliphatic carbocycles. The molecule has 0 fully saturated rings. The molecule has 128 valence electrons. The summed E-state index contributed by atoms with van der Waals surface area (Å²) in [5.41, 5.74) is 0.588. The molecule has 9 heteroatoms. The van der Waals surface area contributed by atoms with Crippen LogP contribution in [0.3, 0.4) is 0 Å². The van der Waals surface area contributed by atoms with E-state index in [1.807, 2.05) is 0 Å². The number of nitro groups is 1. The third-order valence-corrected chi connectivity index (χ3v) is 4.61. The lowest BCUT2D eigenvalue weighted by Gasteiger charge is -2.10. The summed E-state index contributed by atoms with van der Waals surface area (Å²) in [6.07, 6.45) is -1.03. The van der Waals surface area contributed by atoms with Gasteiger partial charge in [-0.25, -0.2) is 4.79 Å². The predicted octanol–water partition coefficient (Wildman–Crippen LogP) is 3.52. The van der Waals surface area contributed by atoms with Crippen molar-refractivity contribution in [1.29, 1.82) is 0 Å². The second-order valence-corrected chi connectivity index (χ2v) is 6.08. The lowest BCUT2D eigenvalue weighted by molar-refractivity contribution is -0.384. The summed E-state index contributed by atoms with van der Waals surface area (Å²) in [7, 11) is 0. The van der Waals surface area contributed by atoms with Crippen LogP contribution < -0.4 is 4.74 Å². The van der Waals surface area contributed by atoms with Crippen LogP contribution in [0.25, 0.3) is 0 Å². The molecule has 1 aliphatic heterocycles. The Morgan fingerprint density at radius 1 is 1.20 bits per heavy atom. The minimum absolute atomic E-state index is 0.0341. The molecule has 1 atom stereocenters. The van der Waals surface area contributed by atoms with Gasteiger partial charge >= 0.3 is 5.97 Å². The number of carbonyl (C=O) groups is 2. The van der Waals surface area contributed by atoms with Gasteiger partial charge in [-0.15, -0.1) is 0 Å². The Labute approximate surface area is 150 Å². The SMILES string of the molecule is O=C(c1ccc([N+](=O)[O-])cc1)c1cc2c(c(Cl)c1Cl)OC(C(=O)O)C2. The van der Waals surface area contributed by atoms with Gasteiger partial charge in [0.15, 0.2) is 11.9 Å². The van der Waals surface area contributed by atoms with E-state index < -0.39 is 22.8 Å². The maximum atomic E-state index is 12.6. The molecule has 0 aromatic heterocycles. The summed E-state index contributed by atoms with van der Waals surface area (Å²) in [5, 5.41) is 19.6. The van der Waals surface area contributed by atoms with Crippen LogP contribution in [0.5, 0.6) is 5.75 Å². The number of nitro benzene ring substituents is 1. The zero-order valence-corrected chi connectivity index (χ0v) is 13.9. The van der Waals surface area contributed by atoms with Crippen molar-refractivity contribution in [3.63, 3.8) is 0 Å². The Morgan fingerprint density at radius 2 is 1.84 bits per heavy atom. The van der Waals surface area contributed by atoms with Crippen LogP contribution in [0.15, 0.2) is 30.3 Å². The minimum atomic E-state index is -1.15. The highest BCUT2D eigenvalue weighted by molar-refractivity contribution is 6.45. The van der Waals surface area contributed by atoms with Gasteiger partial charge in [0.25, 0.3) is 5.69 Å². The van der Waals surface area contributed by atoms with Crippen LogP contribution in [0.1, 0.15) is 21.5 Å². The number of benzene rings is 2. The number of halogens is 2. The fourth-order valence-corrected chi connectivity index (χ4v) is 3.01. The van der Waals surface area contributed by atoms with Gasteiger partial charge < -0.3 is 9.84 Å². The number of ketones is 1. The molecule has 0 saturated carbocycles. The molecule has 1 unspecified atom stereocenters. The van der Waals surface area contributed by atoms with Crippen molar-refractivity contribution >= 4 is 40.6 Å². The number of carboxylic acids is 1. The Kier molecular flexibility index (Phi) is 4.36. The van der Waals surface area contributed by atoms with E-state index in [0.717, 1.165) is 0 Å². The van der Waals surface area contributed by atoms with Crippen molar-refractivity contribution in [2.24, 2.45) is 0 Å². The third kappa shape index (κ3) is 3.04. The van der Waals surface area contributed by atoms with E-state index in [1.54, 1.807) is 0 Å². The van der Waals surface area contributed by atoms with Crippen molar-refractivity contribution in [2.45, 2.75) is 12.5 Å². The first-order chi connectivity index (χ1) is 11.8. The molecule has 3 rings (SSSR count). The smallest absolute Gasteiger partial charge is 0.345 e. The highest BCUT2D eigenvalue weighted by Crippen LogP contribution is 2.43. The van der Waals surface area contributed by atoms with Gasteiger partial charge in [0.2, 0.25) is 0 Å². The van der Waals surface area contributed by atoms with Gasteiger partial charge in [0.05, 0.1) is 9.95 Å². The maximum Gasteiger partial charge on any atom is 0.345 e. The number of carboxylic acid groups (broad SMARTS) is 1. The first-order valence-electron chi connectivity index (χ1n) is 6.99. The van der Waals surface area contributed by atoms with E-state index in [-0.39, 0.29) is 39.0 Å². The number of rotatable bonds is 4. The van der Waals surface area contributed by atoms with Gasteiger partial charge in [0, 0.05) is 35.2 Å². The van der Waals surface area contributed by atoms with Crippen molar-refractivity contribution in [2.75, 3.05) is 0 Å². The molecular formula is C16H9Cl2NO6. The fraction of sp³-hybridized carbons (Fsp3) is 0.125. The summed E-state index contributed by atoms with van der Waals surface area (Å²) in [6, 6.07) is 6.48. The van der Waals surface area contributed by atoms with Gasteiger partial charge in [-0.05, 0) is 18.2 Å². The van der Waals surface area contributed by atoms with Crippen LogP contribution >= 0.6 is 23.2 Å². The Hall–Kier alpha value is -2.64. The van der Waals surface area contributed by atoms with Crippen LogP contribution in [0.4, 0.5) is 5.69 Å². The normalized spacial score (nSPS) is 15.4. The molecule has 1 N–H and O–H groups in total. The van der Waals surface area contributed by atoms with Gasteiger partial charge in [-0.3, -0.25) is 14.9 Å². The van der Waals surface area contributed by atoms with E-state index in [4.69, 9.17) is 33.0 Å². The number of non-ortho nitro benzene ring substituents is 1. The van der Waals surface area contributed by atoms with Gasteiger partial charge in [-0.1, -0.05) is 23.2 Å². The van der Waals surface area contributed by atoms with E-state index in [1.165, 1.54) is 30.3 Å². The van der Waals surface area contributed by atoms with Crippen molar-refractivity contribution in [3.8, 4) is 5.75 Å². The Bertz CT molecular complexity index is 910. The van der Waals surface area contributed by atoms with E-state index >= 15 is 0 Å². The largest absolute Gasteiger partial charge is 0.478 e. The summed E-state index contributed by atoms with van der Waals surface area (Å²) in [4.78, 5) is 33.8. The fourth-order valence-electron chi connectivity index (χ4n) is 2.52. The van der Waals surface area contributed by atoms with Crippen molar-refractivity contribution in [1.82, 2.24) is 0 Å². The molecule has 7 nitrogen and oxygen atoms in total. The van der Waals surface area contributed by atoms with E-state index in [0.29, 0.717) is 5.56 Å². The molecule has 2 aromatic carbocycles. The predicted molar refractivity (Wildman–Crippen MR) is 88.7 cm³/mol. The van der Waals surface area contributed by atoms with E-state index in [9.17, 15) is 19.7 Å². The molecule has 25 heavy (non-hydrogen) atoms. The topological polar surface area (TPSA) is 107 Å². The van der Waals surface area contributed by atoms with Crippen molar-refractivity contribution in [3.05, 3.63) is 67.2 Å². The zero-order chi connectivity index (χ0) is 18.3. The van der Waals surface area contributed by atoms with Crippen LogP contribution in [0.2, 0.25) is 10.0 Å². The number of aliphatic carboxylic acids is 1. The number of nitrogens with zero attached hydrogens (tertiary/aromatic N) is 1. The number of ether oxygens (including phenoxy) is 1. The number of hydrogen-bond acceptors (Lipinski definition) is 5. The number of fused-ring (bicyclic) bond motifs is 1. The molecule has 1 aliphatic rings. The summed E-state index contributed by atoms with van der Waals surface area (Å²) in [6.45, 7) is 0. The molecule has 0 amide bonds. The molecule has 0 bridgehead atoms. The number of hydrogen-bond donors (Lipinski definition) is 1. The van der Waals surface area contributed by atoms with Crippen molar-refractivity contribution < 1.29 is 24.4 Å². The van der Waals surface area contributed by atoms with E-state index in [2.05, 4.69) is 0 Å². The van der Waals surface area contributed by atoms with Gasteiger partial charge in [0.1, 0.15) is 10.8 Å². The lowest BCUT2D eigenvalue weighted by Crippen LogP contribution is -2.24. The zero-order valence-electron chi connectivity index (χ0n) is 12.4. The van der Waals surface area contributed by atoms with Crippen LogP contribution in [0, 0.1) is 10.1 Å². The second kappa shape index (κ2) is 6.34. The average molecular weight is 382 g/mol. The summed E-state index contributed by atoms with van der Waals surface area (Å²) < 4.78 is 5.26. The first-order valence-corrected chi connectivity index (χ1v) is 7.74. The summed E-state index contributed by atoms with van der Waals surface area (Å²) in [5.74, 6) is -1.48. The third-order valence-electron chi connectivity index (χ3n) is 3.76. The average Bonchev–Trinajstić information content (AvgIpc) is 3.02. The maximum absolute atomic E-state index is 12.6. The number of carbonyl (C=O) groups excluding carboxylic acids is 1. The van der Waals surface area contributed by atoms with Crippen LogP contribution in [-0.2, 0) is 11.2 Å². The lowest BCUT2D eigenvalue weighted by atomic mass is 9.99. The molecule has 0 radical (unpaired) electrons. The molecule has 1 heterocycles. The Morgan fingerprint density at radius 3 is 2.40 bits per heavy atom.